The van der Waals surface area contributed by atoms with E-state index in [1.54, 1.807) is 13.2 Å². The predicted molar refractivity (Wildman–Crippen MR) is 84.6 cm³/mol. The van der Waals surface area contributed by atoms with Crippen molar-refractivity contribution in [1.82, 2.24) is 0 Å². The highest BCUT2D eigenvalue weighted by Gasteiger charge is 2.14. The van der Waals surface area contributed by atoms with E-state index in [4.69, 9.17) is 4.74 Å². The van der Waals surface area contributed by atoms with Crippen molar-refractivity contribution in [2.45, 2.75) is 13.8 Å². The van der Waals surface area contributed by atoms with Crippen molar-refractivity contribution >= 4 is 27.5 Å². The van der Waals surface area contributed by atoms with Crippen molar-refractivity contribution in [2.75, 3.05) is 12.4 Å². The lowest BCUT2D eigenvalue weighted by molar-refractivity contribution is 0.102. The molecule has 0 heterocycles. The van der Waals surface area contributed by atoms with Crippen LogP contribution in [0.25, 0.3) is 0 Å². The number of anilines is 1. The highest BCUT2D eigenvalue weighted by atomic mass is 79.9. The van der Waals surface area contributed by atoms with Crippen LogP contribution in [0.4, 0.5) is 5.69 Å². The second-order valence-corrected chi connectivity index (χ2v) is 5.39. The Morgan fingerprint density at radius 3 is 2.65 bits per heavy atom. The maximum Gasteiger partial charge on any atom is 0.259 e. The van der Waals surface area contributed by atoms with Crippen LogP contribution in [-0.4, -0.2) is 13.0 Å². The lowest BCUT2D eigenvalue weighted by Crippen LogP contribution is -2.14. The molecule has 0 saturated carbocycles. The molecule has 0 spiro atoms. The summed E-state index contributed by atoms with van der Waals surface area (Å²) < 4.78 is 6.13. The molecule has 4 heteroatoms. The molecule has 2 rings (SSSR count). The molecule has 0 radical (unpaired) electrons. The minimum absolute atomic E-state index is 0.183. The quantitative estimate of drug-likeness (QED) is 0.907. The number of carbonyl (C=O) groups excluding carboxylic acids is 1. The molecule has 0 aliphatic carbocycles. The van der Waals surface area contributed by atoms with Crippen molar-refractivity contribution in [2.24, 2.45) is 0 Å². The minimum atomic E-state index is -0.183. The fraction of sp³-hybridized carbons (Fsp3) is 0.188. The van der Waals surface area contributed by atoms with Gasteiger partial charge >= 0.3 is 0 Å². The number of carbonyl (C=O) groups is 1. The van der Waals surface area contributed by atoms with Crippen molar-refractivity contribution in [1.29, 1.82) is 0 Å². The van der Waals surface area contributed by atoms with Gasteiger partial charge in [0.2, 0.25) is 0 Å². The Hall–Kier alpha value is -1.81. The summed E-state index contributed by atoms with van der Waals surface area (Å²) in [6.07, 6.45) is 0. The van der Waals surface area contributed by atoms with Gasteiger partial charge in [-0.05, 0) is 53.5 Å². The predicted octanol–water partition coefficient (Wildman–Crippen LogP) is 4.33. The first-order valence-electron chi connectivity index (χ1n) is 6.24. The first-order valence-corrected chi connectivity index (χ1v) is 7.03. The summed E-state index contributed by atoms with van der Waals surface area (Å²) >= 11 is 3.49. The number of ether oxygens (including phenoxy) is 1. The lowest BCUT2D eigenvalue weighted by Gasteiger charge is -2.12. The van der Waals surface area contributed by atoms with Gasteiger partial charge < -0.3 is 10.1 Å². The van der Waals surface area contributed by atoms with E-state index < -0.39 is 0 Å². The second-order valence-electron chi connectivity index (χ2n) is 4.59. The number of halogens is 1. The van der Waals surface area contributed by atoms with E-state index in [-0.39, 0.29) is 5.91 Å². The van der Waals surface area contributed by atoms with Gasteiger partial charge in [0.15, 0.2) is 0 Å². The molecule has 1 amide bonds. The van der Waals surface area contributed by atoms with Crippen LogP contribution >= 0.6 is 15.9 Å². The van der Waals surface area contributed by atoms with Gasteiger partial charge in [-0.15, -0.1) is 0 Å². The average Bonchev–Trinajstić information content (AvgIpc) is 2.43. The maximum absolute atomic E-state index is 12.4. The Kier molecular flexibility index (Phi) is 4.45. The van der Waals surface area contributed by atoms with Crippen LogP contribution in [0.5, 0.6) is 5.75 Å². The highest BCUT2D eigenvalue weighted by molar-refractivity contribution is 9.10. The lowest BCUT2D eigenvalue weighted by atomic mass is 10.1. The maximum atomic E-state index is 12.4. The summed E-state index contributed by atoms with van der Waals surface area (Å²) in [4.78, 5) is 12.4. The molecule has 0 bridgehead atoms. The molecule has 0 aromatic heterocycles. The fourth-order valence-corrected chi connectivity index (χ4v) is 2.30. The van der Waals surface area contributed by atoms with Gasteiger partial charge in [0.25, 0.3) is 5.91 Å². The van der Waals surface area contributed by atoms with Crippen LogP contribution in [0, 0.1) is 13.8 Å². The van der Waals surface area contributed by atoms with Crippen LogP contribution in [0.15, 0.2) is 40.9 Å². The number of amides is 1. The van der Waals surface area contributed by atoms with Gasteiger partial charge in [-0.25, -0.2) is 0 Å². The Bertz CT molecular complexity index is 653. The molecule has 2 aromatic carbocycles. The molecule has 104 valence electrons. The normalized spacial score (nSPS) is 10.2. The van der Waals surface area contributed by atoms with Crippen molar-refractivity contribution in [3.05, 3.63) is 57.6 Å². The summed E-state index contributed by atoms with van der Waals surface area (Å²) in [7, 11) is 1.56. The van der Waals surface area contributed by atoms with Crippen LogP contribution in [0.1, 0.15) is 21.5 Å². The monoisotopic (exact) mass is 333 g/mol. The highest BCUT2D eigenvalue weighted by Crippen LogP contribution is 2.27. The smallest absolute Gasteiger partial charge is 0.259 e. The molecular formula is C16H16BrNO2. The number of hydrogen-bond donors (Lipinski definition) is 1. The largest absolute Gasteiger partial charge is 0.496 e. The van der Waals surface area contributed by atoms with Crippen molar-refractivity contribution in [3.63, 3.8) is 0 Å². The molecule has 20 heavy (non-hydrogen) atoms. The van der Waals surface area contributed by atoms with E-state index in [0.29, 0.717) is 11.3 Å². The zero-order valence-electron chi connectivity index (χ0n) is 11.7. The van der Waals surface area contributed by atoms with Gasteiger partial charge in [-0.2, -0.15) is 0 Å². The van der Waals surface area contributed by atoms with E-state index in [0.717, 1.165) is 21.3 Å². The number of methoxy groups -OCH3 is 1. The summed E-state index contributed by atoms with van der Waals surface area (Å²) in [5.74, 6) is 0.383. The zero-order valence-corrected chi connectivity index (χ0v) is 13.2. The minimum Gasteiger partial charge on any atom is -0.496 e. The Labute approximate surface area is 127 Å². The molecule has 0 aliphatic heterocycles. The summed E-state index contributed by atoms with van der Waals surface area (Å²) in [5, 5.41) is 2.90. The third kappa shape index (κ3) is 3.02. The Balaban J connectivity index is 2.33. The molecule has 0 aliphatic rings. The number of hydrogen-bond acceptors (Lipinski definition) is 2. The van der Waals surface area contributed by atoms with E-state index in [1.807, 2.05) is 44.2 Å². The van der Waals surface area contributed by atoms with Gasteiger partial charge in [-0.3, -0.25) is 4.79 Å². The van der Waals surface area contributed by atoms with Crippen LogP contribution in [-0.2, 0) is 0 Å². The van der Waals surface area contributed by atoms with Gasteiger partial charge in [0.05, 0.1) is 18.4 Å². The molecule has 0 saturated heterocycles. The number of rotatable bonds is 3. The fourth-order valence-electron chi connectivity index (χ4n) is 1.93. The number of aryl methyl sites for hydroxylation is 2. The topological polar surface area (TPSA) is 38.3 Å². The molecular weight excluding hydrogens is 318 g/mol. The number of benzene rings is 2. The van der Waals surface area contributed by atoms with E-state index >= 15 is 0 Å². The summed E-state index contributed by atoms with van der Waals surface area (Å²) in [6, 6.07) is 11.3. The Morgan fingerprint density at radius 2 is 1.95 bits per heavy atom. The third-order valence-electron chi connectivity index (χ3n) is 3.04. The zero-order chi connectivity index (χ0) is 14.7. The molecule has 0 unspecified atom stereocenters. The van der Waals surface area contributed by atoms with Crippen molar-refractivity contribution in [3.8, 4) is 5.75 Å². The van der Waals surface area contributed by atoms with Gasteiger partial charge in [0, 0.05) is 4.47 Å². The van der Waals surface area contributed by atoms with E-state index in [9.17, 15) is 4.79 Å². The van der Waals surface area contributed by atoms with Crippen molar-refractivity contribution < 1.29 is 9.53 Å². The van der Waals surface area contributed by atoms with Crippen LogP contribution in [0.2, 0.25) is 0 Å². The van der Waals surface area contributed by atoms with E-state index in [1.165, 1.54) is 0 Å². The summed E-state index contributed by atoms with van der Waals surface area (Å²) in [6.45, 7) is 3.92. The van der Waals surface area contributed by atoms with Gasteiger partial charge in [0.1, 0.15) is 5.75 Å². The first kappa shape index (κ1) is 14.6. The molecule has 2 aromatic rings. The standard InChI is InChI=1S/C16H16BrNO2/c1-10-7-8-14(20-3)12(9-10)16(19)18-13-6-4-5-11(2)15(13)17/h4-9H,1-3H3,(H,18,19). The van der Waals surface area contributed by atoms with E-state index in [2.05, 4.69) is 21.2 Å². The second kappa shape index (κ2) is 6.09. The Morgan fingerprint density at radius 1 is 1.20 bits per heavy atom. The average molecular weight is 334 g/mol. The number of nitrogens with one attached hydrogen (secondary N) is 1. The van der Waals surface area contributed by atoms with Crippen LogP contribution < -0.4 is 10.1 Å². The molecule has 1 N–H and O–H groups in total. The molecule has 3 nitrogen and oxygen atoms in total. The molecule has 0 fully saturated rings. The summed E-state index contributed by atoms with van der Waals surface area (Å²) in [5.41, 5.74) is 3.36. The first-order chi connectivity index (χ1) is 9.52. The molecule has 0 atom stereocenters. The van der Waals surface area contributed by atoms with Gasteiger partial charge in [-0.1, -0.05) is 23.8 Å². The SMILES string of the molecule is COc1ccc(C)cc1C(=O)Nc1cccc(C)c1Br. The third-order valence-corrected chi connectivity index (χ3v) is 4.09. The van der Waals surface area contributed by atoms with Crippen LogP contribution in [0.3, 0.4) is 0 Å².